The highest BCUT2D eigenvalue weighted by molar-refractivity contribution is 6.33. The molecule has 9 heteroatoms. The number of carbonyl (C=O) groups is 4. The van der Waals surface area contributed by atoms with E-state index in [-0.39, 0.29) is 23.2 Å². The Labute approximate surface area is 158 Å². The molecular weight excluding hydrogens is 376 g/mol. The monoisotopic (exact) mass is 388 g/mol. The molecule has 2 aromatic carbocycles. The third-order valence-corrected chi connectivity index (χ3v) is 4.35. The summed E-state index contributed by atoms with van der Waals surface area (Å²) in [7, 11) is 0. The van der Waals surface area contributed by atoms with Crippen LogP contribution in [-0.2, 0) is 9.59 Å². The van der Waals surface area contributed by atoms with Gasteiger partial charge in [0, 0.05) is 0 Å². The normalized spacial score (nSPS) is 16.5. The van der Waals surface area contributed by atoms with Crippen molar-refractivity contribution in [3.05, 3.63) is 58.6 Å². The zero-order valence-corrected chi connectivity index (χ0v) is 14.4. The van der Waals surface area contributed by atoms with Gasteiger partial charge in [0.15, 0.2) is 0 Å². The fourth-order valence-electron chi connectivity index (χ4n) is 2.77. The summed E-state index contributed by atoms with van der Waals surface area (Å²) in [6.07, 6.45) is -0.177. The van der Waals surface area contributed by atoms with Gasteiger partial charge in [-0.2, -0.15) is 0 Å². The lowest BCUT2D eigenvalue weighted by Gasteiger charge is -2.17. The molecule has 0 spiro atoms. The van der Waals surface area contributed by atoms with Gasteiger partial charge in [0.1, 0.15) is 6.04 Å². The van der Waals surface area contributed by atoms with Gasteiger partial charge in [0.05, 0.1) is 33.9 Å². The van der Waals surface area contributed by atoms with Crippen molar-refractivity contribution in [1.82, 2.24) is 0 Å². The molecule has 8 nitrogen and oxygen atoms in total. The second kappa shape index (κ2) is 7.08. The van der Waals surface area contributed by atoms with Crippen LogP contribution in [0.1, 0.15) is 27.1 Å². The number of imide groups is 1. The standard InChI is InChI=1S/C18H13ClN2O6/c19-12-3-1-2-4-13(12)20-14-8-15(22)21(16(14)23)11-6-9(17(24)25)5-10(7-11)18(26)27/h1-7,14,20H,8H2,(H,24,25)(H,26,27). The van der Waals surface area contributed by atoms with E-state index in [1.165, 1.54) is 0 Å². The van der Waals surface area contributed by atoms with Crippen LogP contribution in [0.3, 0.4) is 0 Å². The van der Waals surface area contributed by atoms with Crippen LogP contribution >= 0.6 is 11.6 Å². The van der Waals surface area contributed by atoms with Crippen molar-refractivity contribution in [3.63, 3.8) is 0 Å². The number of halogens is 1. The lowest BCUT2D eigenvalue weighted by Crippen LogP contribution is -2.35. The van der Waals surface area contributed by atoms with Gasteiger partial charge in [0.2, 0.25) is 5.91 Å². The van der Waals surface area contributed by atoms with Crippen molar-refractivity contribution in [2.24, 2.45) is 0 Å². The Morgan fingerprint density at radius 2 is 1.63 bits per heavy atom. The summed E-state index contributed by atoms with van der Waals surface area (Å²) in [4.78, 5) is 48.3. The highest BCUT2D eigenvalue weighted by atomic mass is 35.5. The number of benzene rings is 2. The molecule has 2 amide bonds. The van der Waals surface area contributed by atoms with Crippen molar-refractivity contribution in [2.45, 2.75) is 12.5 Å². The van der Waals surface area contributed by atoms with Crippen LogP contribution in [0, 0.1) is 0 Å². The molecule has 1 aliphatic heterocycles. The number of nitrogens with zero attached hydrogens (tertiary/aromatic N) is 1. The third kappa shape index (κ3) is 3.61. The molecule has 27 heavy (non-hydrogen) atoms. The number of carboxylic acid groups (broad SMARTS) is 2. The van der Waals surface area contributed by atoms with Crippen LogP contribution in [0.4, 0.5) is 11.4 Å². The number of carboxylic acids is 2. The number of hydrogen-bond donors (Lipinski definition) is 3. The molecule has 1 unspecified atom stereocenters. The Hall–Kier alpha value is -3.39. The van der Waals surface area contributed by atoms with E-state index >= 15 is 0 Å². The van der Waals surface area contributed by atoms with Gasteiger partial charge in [0.25, 0.3) is 5.91 Å². The minimum absolute atomic E-state index is 0.106. The van der Waals surface area contributed by atoms with Crippen LogP contribution in [0.15, 0.2) is 42.5 Å². The largest absolute Gasteiger partial charge is 0.478 e. The summed E-state index contributed by atoms with van der Waals surface area (Å²) >= 11 is 6.05. The second-order valence-electron chi connectivity index (χ2n) is 5.83. The number of carbonyl (C=O) groups excluding carboxylic acids is 2. The molecule has 0 aliphatic carbocycles. The molecule has 1 fully saturated rings. The average molecular weight is 389 g/mol. The van der Waals surface area contributed by atoms with Crippen molar-refractivity contribution in [2.75, 3.05) is 10.2 Å². The molecule has 1 atom stereocenters. The van der Waals surface area contributed by atoms with Crippen molar-refractivity contribution < 1.29 is 29.4 Å². The molecule has 0 saturated carbocycles. The van der Waals surface area contributed by atoms with E-state index in [0.717, 1.165) is 23.1 Å². The van der Waals surface area contributed by atoms with Gasteiger partial charge < -0.3 is 15.5 Å². The number of nitrogens with one attached hydrogen (secondary N) is 1. The minimum Gasteiger partial charge on any atom is -0.478 e. The first kappa shape index (κ1) is 18.4. The molecule has 138 valence electrons. The Balaban J connectivity index is 1.94. The molecule has 0 bridgehead atoms. The number of rotatable bonds is 5. The summed E-state index contributed by atoms with van der Waals surface area (Å²) in [6.45, 7) is 0. The lowest BCUT2D eigenvalue weighted by atomic mass is 10.1. The van der Waals surface area contributed by atoms with E-state index in [1.807, 2.05) is 0 Å². The second-order valence-corrected chi connectivity index (χ2v) is 6.23. The quantitative estimate of drug-likeness (QED) is 0.672. The van der Waals surface area contributed by atoms with E-state index in [1.54, 1.807) is 24.3 Å². The number of para-hydroxylation sites is 1. The van der Waals surface area contributed by atoms with Gasteiger partial charge in [-0.3, -0.25) is 9.59 Å². The molecule has 1 heterocycles. The number of amides is 2. The summed E-state index contributed by atoms with van der Waals surface area (Å²) in [5.41, 5.74) is -0.315. The van der Waals surface area contributed by atoms with Crippen LogP contribution in [0.25, 0.3) is 0 Å². The van der Waals surface area contributed by atoms with Crippen LogP contribution < -0.4 is 10.2 Å². The first-order chi connectivity index (χ1) is 12.8. The molecule has 0 radical (unpaired) electrons. The van der Waals surface area contributed by atoms with E-state index in [0.29, 0.717) is 10.7 Å². The van der Waals surface area contributed by atoms with Gasteiger partial charge >= 0.3 is 11.9 Å². The number of anilines is 2. The average Bonchev–Trinajstić information content (AvgIpc) is 2.90. The predicted molar refractivity (Wildman–Crippen MR) is 96.3 cm³/mol. The first-order valence-corrected chi connectivity index (χ1v) is 8.15. The third-order valence-electron chi connectivity index (χ3n) is 4.02. The van der Waals surface area contributed by atoms with Gasteiger partial charge in [-0.05, 0) is 30.3 Å². The molecule has 2 aromatic rings. The maximum absolute atomic E-state index is 12.7. The zero-order chi connectivity index (χ0) is 19.7. The first-order valence-electron chi connectivity index (χ1n) is 7.77. The Morgan fingerprint density at radius 3 is 2.19 bits per heavy atom. The smallest absolute Gasteiger partial charge is 0.335 e. The summed E-state index contributed by atoms with van der Waals surface area (Å²) in [6, 6.07) is 8.92. The maximum atomic E-state index is 12.7. The van der Waals surface area contributed by atoms with E-state index in [2.05, 4.69) is 5.32 Å². The molecule has 3 rings (SSSR count). The van der Waals surface area contributed by atoms with Gasteiger partial charge in [-0.15, -0.1) is 0 Å². The fourth-order valence-corrected chi connectivity index (χ4v) is 2.96. The highest BCUT2D eigenvalue weighted by Gasteiger charge is 2.40. The van der Waals surface area contributed by atoms with E-state index in [9.17, 15) is 19.2 Å². The Morgan fingerprint density at radius 1 is 1.04 bits per heavy atom. The van der Waals surface area contributed by atoms with E-state index < -0.39 is 29.8 Å². The van der Waals surface area contributed by atoms with Crippen LogP contribution in [-0.4, -0.2) is 40.0 Å². The van der Waals surface area contributed by atoms with Crippen LogP contribution in [0.2, 0.25) is 5.02 Å². The lowest BCUT2D eigenvalue weighted by molar-refractivity contribution is -0.121. The summed E-state index contributed by atoms with van der Waals surface area (Å²) < 4.78 is 0. The molecular formula is C18H13ClN2O6. The molecule has 3 N–H and O–H groups in total. The molecule has 1 saturated heterocycles. The molecule has 0 aromatic heterocycles. The van der Waals surface area contributed by atoms with Crippen LogP contribution in [0.5, 0.6) is 0 Å². The fraction of sp³-hybridized carbons (Fsp3) is 0.111. The summed E-state index contributed by atoms with van der Waals surface area (Å²) in [5, 5.41) is 21.6. The topological polar surface area (TPSA) is 124 Å². The predicted octanol–water partition coefficient (Wildman–Crippen LogP) is 2.48. The zero-order valence-electron chi connectivity index (χ0n) is 13.7. The molecule has 1 aliphatic rings. The van der Waals surface area contributed by atoms with E-state index in [4.69, 9.17) is 21.8 Å². The summed E-state index contributed by atoms with van der Waals surface area (Å²) in [5.74, 6) is -3.95. The number of hydrogen-bond acceptors (Lipinski definition) is 5. The maximum Gasteiger partial charge on any atom is 0.335 e. The van der Waals surface area contributed by atoms with Crippen molar-refractivity contribution in [1.29, 1.82) is 0 Å². The minimum atomic E-state index is -1.37. The Kier molecular flexibility index (Phi) is 4.83. The SMILES string of the molecule is O=C(O)c1cc(C(=O)O)cc(N2C(=O)CC(Nc3ccccc3Cl)C2=O)c1. The van der Waals surface area contributed by atoms with Gasteiger partial charge in [-0.1, -0.05) is 23.7 Å². The number of aromatic carboxylic acids is 2. The van der Waals surface area contributed by atoms with Gasteiger partial charge in [-0.25, -0.2) is 14.5 Å². The van der Waals surface area contributed by atoms with Crippen molar-refractivity contribution in [3.8, 4) is 0 Å². The Bertz CT molecular complexity index is 942. The highest BCUT2D eigenvalue weighted by Crippen LogP contribution is 2.29. The van der Waals surface area contributed by atoms with Crippen molar-refractivity contribution >= 4 is 46.7 Å².